The molecular weight excluding hydrogens is 742 g/mol. The van der Waals surface area contributed by atoms with E-state index in [9.17, 15) is 0 Å². The summed E-state index contributed by atoms with van der Waals surface area (Å²) in [5.74, 6) is 0. The molecule has 0 aliphatic heterocycles. The quantitative estimate of drug-likeness (QED) is 0.148. The average Bonchev–Trinajstić information content (AvgIpc) is 3.82. The fraction of sp³-hybridized carbons (Fsp3) is 0. The van der Waals surface area contributed by atoms with Crippen LogP contribution in [-0.2, 0) is 0 Å². The third-order valence-electron chi connectivity index (χ3n) is 11.2. The summed E-state index contributed by atoms with van der Waals surface area (Å²) in [4.78, 5) is 0. The first-order valence-corrected chi connectivity index (χ1v) is 20.9. The van der Waals surface area contributed by atoms with Crippen LogP contribution in [-0.4, -0.2) is 19.1 Å². The minimum atomic E-state index is 0.240. The van der Waals surface area contributed by atoms with Gasteiger partial charge in [-0.05, 0) is 5.56 Å². The third-order valence-corrected chi connectivity index (χ3v) is 13.8. The van der Waals surface area contributed by atoms with E-state index in [1.54, 1.807) is 0 Å². The van der Waals surface area contributed by atoms with Gasteiger partial charge in [0.15, 0.2) is 0 Å². The Labute approximate surface area is 332 Å². The fourth-order valence-corrected chi connectivity index (χ4v) is 11.0. The summed E-state index contributed by atoms with van der Waals surface area (Å²) in [6.45, 7) is 0. The van der Waals surface area contributed by atoms with Crippen molar-refractivity contribution in [3.63, 3.8) is 0 Å². The Bertz CT molecular complexity index is 3210. The summed E-state index contributed by atoms with van der Waals surface area (Å²) >= 11 is 0.240. The minimum absolute atomic E-state index is 0.240. The van der Waals surface area contributed by atoms with Crippen LogP contribution < -0.4 is 0 Å². The second-order valence-corrected chi connectivity index (χ2v) is 16.7. The molecule has 2 heteroatoms. The van der Waals surface area contributed by atoms with Gasteiger partial charge in [-0.3, -0.25) is 0 Å². The monoisotopic (exact) mass is 777 g/mol. The van der Waals surface area contributed by atoms with Crippen molar-refractivity contribution in [2.75, 3.05) is 0 Å². The molecule has 0 aliphatic carbocycles. The molecule has 2 aromatic heterocycles. The molecule has 0 unspecified atom stereocenters. The van der Waals surface area contributed by atoms with Crippen LogP contribution in [0.15, 0.2) is 212 Å². The van der Waals surface area contributed by atoms with E-state index < -0.39 is 0 Å². The van der Waals surface area contributed by atoms with Crippen molar-refractivity contribution in [3.8, 4) is 61.3 Å². The number of aromatic nitrogens is 1. The van der Waals surface area contributed by atoms with Gasteiger partial charge in [-0.25, -0.2) is 0 Å². The van der Waals surface area contributed by atoms with Gasteiger partial charge in [0.25, 0.3) is 0 Å². The molecule has 2 heterocycles. The summed E-state index contributed by atoms with van der Waals surface area (Å²) in [6, 6.07) is 78.2. The Morgan fingerprint density at radius 3 is 1.57 bits per heavy atom. The first kappa shape index (κ1) is 32.7. The van der Waals surface area contributed by atoms with Crippen molar-refractivity contribution in [2.45, 2.75) is 0 Å². The van der Waals surface area contributed by atoms with E-state index in [1.165, 1.54) is 96.7 Å². The maximum absolute atomic E-state index is 2.43. The van der Waals surface area contributed by atoms with Crippen LogP contribution in [0.4, 0.5) is 0 Å². The van der Waals surface area contributed by atoms with Crippen LogP contribution in [0.25, 0.3) is 102 Å². The van der Waals surface area contributed by atoms with Gasteiger partial charge in [0.1, 0.15) is 0 Å². The summed E-state index contributed by atoms with van der Waals surface area (Å²) in [5, 5.41) is 5.26. The SMILES string of the molecule is c1ccc(-c2ccc(-c3cc(-c4ccc5c6cc(-c7ccccc7)ccc6n(-c6ccccc6)c5c4)cc(-c4cccc5c4[se]c4ccccc45)c3)cc2)cc1. The molecule has 0 saturated heterocycles. The molecule has 0 N–H and O–H groups in total. The van der Waals surface area contributed by atoms with Crippen LogP contribution in [0.1, 0.15) is 0 Å². The van der Waals surface area contributed by atoms with E-state index in [1.807, 2.05) is 0 Å². The molecule has 0 saturated carbocycles. The van der Waals surface area contributed by atoms with Gasteiger partial charge < -0.3 is 0 Å². The fourth-order valence-electron chi connectivity index (χ4n) is 8.44. The van der Waals surface area contributed by atoms with E-state index in [-0.39, 0.29) is 14.5 Å². The average molecular weight is 777 g/mol. The predicted molar refractivity (Wildman–Crippen MR) is 240 cm³/mol. The standard InChI is InChI=1S/C54H35NSe/c1-4-13-36(14-5-1)38-23-25-39(26-24-38)42-31-43(33-44(32-42)46-20-12-21-49-48-19-10-11-22-53(48)56-54(46)49)41-27-29-47-50-34-40(37-15-6-2-7-16-37)28-30-51(50)55(52(47)35-41)45-17-8-3-9-18-45/h1-35H. The van der Waals surface area contributed by atoms with Gasteiger partial charge in [-0.1, -0.05) is 42.5 Å². The maximum atomic E-state index is 2.43. The Morgan fingerprint density at radius 2 is 0.821 bits per heavy atom. The van der Waals surface area contributed by atoms with Gasteiger partial charge in [0.05, 0.1) is 0 Å². The number of fused-ring (bicyclic) bond motifs is 6. The molecule has 1 nitrogen and oxygen atoms in total. The van der Waals surface area contributed by atoms with E-state index in [2.05, 4.69) is 217 Å². The van der Waals surface area contributed by atoms with Gasteiger partial charge in [0.2, 0.25) is 0 Å². The zero-order chi connectivity index (χ0) is 37.0. The van der Waals surface area contributed by atoms with Crippen molar-refractivity contribution in [1.29, 1.82) is 0 Å². The molecule has 0 fully saturated rings. The van der Waals surface area contributed by atoms with Crippen LogP contribution in [0.5, 0.6) is 0 Å². The first-order valence-electron chi connectivity index (χ1n) is 19.2. The van der Waals surface area contributed by atoms with Gasteiger partial charge in [-0.2, -0.15) is 0 Å². The van der Waals surface area contributed by atoms with Gasteiger partial charge >= 0.3 is 286 Å². The third kappa shape index (κ3) is 5.62. The molecule has 11 rings (SSSR count). The first-order chi connectivity index (χ1) is 27.7. The number of benzene rings is 9. The summed E-state index contributed by atoms with van der Waals surface area (Å²) in [5.41, 5.74) is 15.9. The Hall–Kier alpha value is -6.70. The van der Waals surface area contributed by atoms with Gasteiger partial charge in [-0.15, -0.1) is 0 Å². The van der Waals surface area contributed by atoms with Crippen LogP contribution in [0.2, 0.25) is 0 Å². The molecule has 0 amide bonds. The molecule has 262 valence electrons. The number of hydrogen-bond donors (Lipinski definition) is 0. The normalized spacial score (nSPS) is 11.6. The molecule has 56 heavy (non-hydrogen) atoms. The number of rotatable bonds is 6. The van der Waals surface area contributed by atoms with E-state index in [4.69, 9.17) is 0 Å². The summed E-state index contributed by atoms with van der Waals surface area (Å²) < 4.78 is 5.36. The van der Waals surface area contributed by atoms with E-state index >= 15 is 0 Å². The van der Waals surface area contributed by atoms with Crippen LogP contribution in [0.3, 0.4) is 0 Å². The van der Waals surface area contributed by atoms with Crippen molar-refractivity contribution in [2.24, 2.45) is 0 Å². The summed E-state index contributed by atoms with van der Waals surface area (Å²) in [6.07, 6.45) is 0. The number of para-hydroxylation sites is 1. The molecule has 0 aliphatic rings. The topological polar surface area (TPSA) is 4.93 Å². The van der Waals surface area contributed by atoms with E-state index in [0.717, 1.165) is 5.69 Å². The molecule has 0 spiro atoms. The zero-order valence-electron chi connectivity index (χ0n) is 30.6. The van der Waals surface area contributed by atoms with E-state index in [0.29, 0.717) is 0 Å². The van der Waals surface area contributed by atoms with Crippen molar-refractivity contribution >= 4 is 55.6 Å². The van der Waals surface area contributed by atoms with Gasteiger partial charge in [0, 0.05) is 0 Å². The van der Waals surface area contributed by atoms with Crippen molar-refractivity contribution in [3.05, 3.63) is 212 Å². The van der Waals surface area contributed by atoms with Crippen molar-refractivity contribution in [1.82, 2.24) is 4.57 Å². The zero-order valence-corrected chi connectivity index (χ0v) is 32.3. The Morgan fingerprint density at radius 1 is 0.286 bits per heavy atom. The second kappa shape index (κ2) is 13.6. The Kier molecular flexibility index (Phi) is 7.91. The van der Waals surface area contributed by atoms with Crippen molar-refractivity contribution < 1.29 is 0 Å². The number of nitrogens with zero attached hydrogens (tertiary/aromatic N) is 1. The molecular formula is C54H35NSe. The molecule has 11 aromatic rings. The molecule has 0 radical (unpaired) electrons. The number of hydrogen-bond acceptors (Lipinski definition) is 0. The summed E-state index contributed by atoms with van der Waals surface area (Å²) in [7, 11) is 0. The second-order valence-electron chi connectivity index (χ2n) is 14.5. The predicted octanol–water partition coefficient (Wildman–Crippen LogP) is 14.5. The van der Waals surface area contributed by atoms with Crippen LogP contribution in [0, 0.1) is 0 Å². The Balaban J connectivity index is 1.13. The molecule has 0 bridgehead atoms. The van der Waals surface area contributed by atoms with Crippen LogP contribution >= 0.6 is 0 Å². The molecule has 0 atom stereocenters. The molecule has 9 aromatic carbocycles.